The number of carbonyl (C=O) groups is 2. The molecule has 2 rings (SSSR count). The lowest BCUT2D eigenvalue weighted by Crippen LogP contribution is -2.46. The molecule has 0 aromatic heterocycles. The van der Waals surface area contributed by atoms with E-state index < -0.39 is 5.41 Å². The van der Waals surface area contributed by atoms with Crippen LogP contribution in [0.5, 0.6) is 0 Å². The second kappa shape index (κ2) is 6.89. The van der Waals surface area contributed by atoms with Gasteiger partial charge in [0.2, 0.25) is 11.8 Å². The fourth-order valence-corrected chi connectivity index (χ4v) is 2.52. The molecule has 1 aromatic carbocycles. The highest BCUT2D eigenvalue weighted by Crippen LogP contribution is 2.31. The number of nitrogens with one attached hydrogen (secondary N) is 1. The van der Waals surface area contributed by atoms with Crippen LogP contribution in [0.4, 0.5) is 11.4 Å². The summed E-state index contributed by atoms with van der Waals surface area (Å²) in [6.45, 7) is 2.90. The molecule has 3 N–H and O–H groups in total. The number of nitrogens with two attached hydrogens (primary N) is 1. The lowest BCUT2D eigenvalue weighted by atomic mass is 9.79. The van der Waals surface area contributed by atoms with Crippen LogP contribution in [-0.4, -0.2) is 38.6 Å². The average Bonchev–Trinajstić information content (AvgIpc) is 2.54. The Morgan fingerprint density at radius 2 is 2.05 bits per heavy atom. The van der Waals surface area contributed by atoms with E-state index in [9.17, 15) is 9.59 Å². The van der Waals surface area contributed by atoms with Crippen molar-refractivity contribution < 1.29 is 14.3 Å². The maximum Gasteiger partial charge on any atom is 0.232 e. The summed E-state index contributed by atoms with van der Waals surface area (Å²) < 4.78 is 5.32. The quantitative estimate of drug-likeness (QED) is 0.879. The lowest BCUT2D eigenvalue weighted by Gasteiger charge is -2.34. The van der Waals surface area contributed by atoms with Crippen LogP contribution in [0.3, 0.4) is 0 Å². The van der Waals surface area contributed by atoms with Gasteiger partial charge in [-0.05, 0) is 31.0 Å². The van der Waals surface area contributed by atoms with Crippen LogP contribution < -0.4 is 16.0 Å². The molecular weight excluding hydrogens is 282 g/mol. The van der Waals surface area contributed by atoms with Gasteiger partial charge >= 0.3 is 0 Å². The summed E-state index contributed by atoms with van der Waals surface area (Å²) in [6.07, 6.45) is 1.25. The number of hydrogen-bond donors (Lipinski definition) is 2. The first-order chi connectivity index (χ1) is 10.5. The summed E-state index contributed by atoms with van der Waals surface area (Å²) in [5.74, 6) is -0.146. The zero-order chi connectivity index (χ0) is 16.2. The highest BCUT2D eigenvalue weighted by Gasteiger charge is 2.38. The molecule has 0 aliphatic carbocycles. The molecule has 1 saturated heterocycles. The van der Waals surface area contributed by atoms with Gasteiger partial charge in [0.05, 0.1) is 5.41 Å². The third-order valence-corrected chi connectivity index (χ3v) is 4.29. The molecule has 0 bridgehead atoms. The predicted octanol–water partition coefficient (Wildman–Crippen LogP) is 1.36. The van der Waals surface area contributed by atoms with Crippen molar-refractivity contribution in [1.29, 1.82) is 0 Å². The first kappa shape index (κ1) is 16.5. The van der Waals surface area contributed by atoms with E-state index >= 15 is 0 Å². The van der Waals surface area contributed by atoms with E-state index in [1.54, 1.807) is 19.2 Å². The molecule has 0 spiro atoms. The molecule has 1 fully saturated rings. The van der Waals surface area contributed by atoms with E-state index in [1.807, 2.05) is 12.1 Å². The van der Waals surface area contributed by atoms with Gasteiger partial charge in [0.25, 0.3) is 0 Å². The molecule has 6 nitrogen and oxygen atoms in total. The van der Waals surface area contributed by atoms with Crippen molar-refractivity contribution in [3.8, 4) is 0 Å². The standard InChI is InChI=1S/C16H23N3O3/c1-12(20)19(2)14-5-3-4-13(10-14)18-15(21)16(11-17)6-8-22-9-7-16/h3-5,10H,6-9,11,17H2,1-2H3,(H,18,21). The predicted molar refractivity (Wildman–Crippen MR) is 85.7 cm³/mol. The highest BCUT2D eigenvalue weighted by atomic mass is 16.5. The van der Waals surface area contributed by atoms with Gasteiger partial charge in [-0.1, -0.05) is 6.07 Å². The molecule has 1 aromatic rings. The molecule has 120 valence electrons. The van der Waals surface area contributed by atoms with Crippen molar-refractivity contribution in [2.75, 3.05) is 37.0 Å². The van der Waals surface area contributed by atoms with E-state index in [0.717, 1.165) is 5.69 Å². The monoisotopic (exact) mass is 305 g/mol. The van der Waals surface area contributed by atoms with Gasteiger partial charge in [-0.3, -0.25) is 9.59 Å². The van der Waals surface area contributed by atoms with Crippen LogP contribution in [-0.2, 0) is 14.3 Å². The molecule has 22 heavy (non-hydrogen) atoms. The number of nitrogens with zero attached hydrogens (tertiary/aromatic N) is 1. The van der Waals surface area contributed by atoms with E-state index in [-0.39, 0.29) is 11.8 Å². The minimum atomic E-state index is -0.569. The van der Waals surface area contributed by atoms with Gasteiger partial charge < -0.3 is 20.7 Å². The van der Waals surface area contributed by atoms with Gasteiger partial charge in [0, 0.05) is 45.1 Å². The van der Waals surface area contributed by atoms with Crippen LogP contribution in [0.2, 0.25) is 0 Å². The molecule has 1 heterocycles. The van der Waals surface area contributed by atoms with Gasteiger partial charge in [0.15, 0.2) is 0 Å². The minimum Gasteiger partial charge on any atom is -0.381 e. The van der Waals surface area contributed by atoms with Crippen molar-refractivity contribution in [2.45, 2.75) is 19.8 Å². The zero-order valence-electron chi connectivity index (χ0n) is 13.1. The zero-order valence-corrected chi connectivity index (χ0v) is 13.1. The second-order valence-electron chi connectivity index (χ2n) is 5.68. The summed E-state index contributed by atoms with van der Waals surface area (Å²) in [6, 6.07) is 7.22. The van der Waals surface area contributed by atoms with E-state index in [0.29, 0.717) is 38.3 Å². The fourth-order valence-electron chi connectivity index (χ4n) is 2.52. The molecule has 1 aliphatic rings. The van der Waals surface area contributed by atoms with Gasteiger partial charge in [-0.25, -0.2) is 0 Å². The number of rotatable bonds is 4. The summed E-state index contributed by atoms with van der Waals surface area (Å²) in [7, 11) is 1.70. The Bertz CT molecular complexity index is 553. The van der Waals surface area contributed by atoms with E-state index in [4.69, 9.17) is 10.5 Å². The first-order valence-corrected chi connectivity index (χ1v) is 7.42. The topological polar surface area (TPSA) is 84.7 Å². The number of anilines is 2. The number of hydrogen-bond acceptors (Lipinski definition) is 4. The van der Waals surface area contributed by atoms with Crippen molar-refractivity contribution >= 4 is 23.2 Å². The lowest BCUT2D eigenvalue weighted by molar-refractivity contribution is -0.130. The molecular formula is C16H23N3O3. The fraction of sp³-hybridized carbons (Fsp3) is 0.500. The Kier molecular flexibility index (Phi) is 5.15. The SMILES string of the molecule is CC(=O)N(C)c1cccc(NC(=O)C2(CN)CCOCC2)c1. The van der Waals surface area contributed by atoms with Crippen LogP contribution in [0, 0.1) is 5.41 Å². The van der Waals surface area contributed by atoms with E-state index in [2.05, 4.69) is 5.32 Å². The summed E-state index contributed by atoms with van der Waals surface area (Å²) in [5.41, 5.74) is 6.67. The minimum absolute atomic E-state index is 0.0636. The van der Waals surface area contributed by atoms with Crippen LogP contribution in [0.1, 0.15) is 19.8 Å². The Labute approximate surface area is 130 Å². The Hall–Kier alpha value is -1.92. The molecule has 6 heteroatoms. The van der Waals surface area contributed by atoms with Gasteiger partial charge in [-0.2, -0.15) is 0 Å². The smallest absolute Gasteiger partial charge is 0.232 e. The van der Waals surface area contributed by atoms with Gasteiger partial charge in [0.1, 0.15) is 0 Å². The number of amides is 2. The van der Waals surface area contributed by atoms with Crippen LogP contribution in [0.25, 0.3) is 0 Å². The maximum absolute atomic E-state index is 12.6. The number of benzene rings is 1. The average molecular weight is 305 g/mol. The Morgan fingerprint density at radius 1 is 1.36 bits per heavy atom. The second-order valence-corrected chi connectivity index (χ2v) is 5.68. The largest absolute Gasteiger partial charge is 0.381 e. The first-order valence-electron chi connectivity index (χ1n) is 7.42. The molecule has 1 aliphatic heterocycles. The van der Waals surface area contributed by atoms with Gasteiger partial charge in [-0.15, -0.1) is 0 Å². The maximum atomic E-state index is 12.6. The normalized spacial score (nSPS) is 16.9. The summed E-state index contributed by atoms with van der Waals surface area (Å²) >= 11 is 0. The number of ether oxygens (including phenoxy) is 1. The Balaban J connectivity index is 2.14. The molecule has 2 amide bonds. The van der Waals surface area contributed by atoms with Crippen molar-refractivity contribution in [3.05, 3.63) is 24.3 Å². The van der Waals surface area contributed by atoms with Crippen LogP contribution in [0.15, 0.2) is 24.3 Å². The molecule has 0 atom stereocenters. The third-order valence-electron chi connectivity index (χ3n) is 4.29. The van der Waals surface area contributed by atoms with Crippen LogP contribution >= 0.6 is 0 Å². The van der Waals surface area contributed by atoms with Crippen molar-refractivity contribution in [1.82, 2.24) is 0 Å². The van der Waals surface area contributed by atoms with Crippen molar-refractivity contribution in [3.63, 3.8) is 0 Å². The summed E-state index contributed by atoms with van der Waals surface area (Å²) in [5, 5.41) is 2.93. The molecule has 0 radical (unpaired) electrons. The van der Waals surface area contributed by atoms with E-state index in [1.165, 1.54) is 11.8 Å². The molecule has 0 unspecified atom stereocenters. The summed E-state index contributed by atoms with van der Waals surface area (Å²) in [4.78, 5) is 25.6. The highest BCUT2D eigenvalue weighted by molar-refractivity contribution is 5.97. The third kappa shape index (κ3) is 3.45. The van der Waals surface area contributed by atoms with Crippen molar-refractivity contribution in [2.24, 2.45) is 11.1 Å². The number of carbonyl (C=O) groups excluding carboxylic acids is 2. The Morgan fingerprint density at radius 3 is 2.64 bits per heavy atom. The molecule has 0 saturated carbocycles.